The zero-order valence-electron chi connectivity index (χ0n) is 17.0. The first kappa shape index (κ1) is 21.3. The molecule has 1 amide bonds. The molecular weight excluding hydrogens is 356 g/mol. The van der Waals surface area contributed by atoms with Crippen molar-refractivity contribution in [1.82, 2.24) is 25.5 Å². The first-order valence-electron chi connectivity index (χ1n) is 9.32. The zero-order chi connectivity index (χ0) is 20.4. The molecule has 2 aromatic rings. The summed E-state index contributed by atoms with van der Waals surface area (Å²) >= 11 is 0. The highest BCUT2D eigenvalue weighted by atomic mass is 16.6. The van der Waals surface area contributed by atoms with Crippen LogP contribution in [-0.4, -0.2) is 47.3 Å². The molecule has 1 aromatic carbocycles. The van der Waals surface area contributed by atoms with Gasteiger partial charge in [-0.05, 0) is 26.3 Å². The fraction of sp³-hybridized carbons (Fsp3) is 0.450. The number of benzene rings is 1. The molecule has 0 saturated heterocycles. The fourth-order valence-corrected chi connectivity index (χ4v) is 2.47. The van der Waals surface area contributed by atoms with E-state index >= 15 is 0 Å². The Hall–Kier alpha value is -3.03. The SMILES string of the molecule is CN=C(NCCNC(=O)OC(C)(C)C)NCc1nccn1Cc1ccccc1. The van der Waals surface area contributed by atoms with Gasteiger partial charge < -0.3 is 25.3 Å². The number of ether oxygens (including phenoxy) is 1. The largest absolute Gasteiger partial charge is 0.444 e. The van der Waals surface area contributed by atoms with Crippen LogP contribution in [0.15, 0.2) is 47.7 Å². The van der Waals surface area contributed by atoms with E-state index in [1.54, 1.807) is 13.2 Å². The molecule has 0 saturated carbocycles. The summed E-state index contributed by atoms with van der Waals surface area (Å²) < 4.78 is 7.29. The third kappa shape index (κ3) is 7.69. The minimum absolute atomic E-state index is 0.429. The van der Waals surface area contributed by atoms with Gasteiger partial charge in [0.2, 0.25) is 0 Å². The van der Waals surface area contributed by atoms with Crippen molar-refractivity contribution in [1.29, 1.82) is 0 Å². The predicted molar refractivity (Wildman–Crippen MR) is 110 cm³/mol. The molecule has 1 heterocycles. The van der Waals surface area contributed by atoms with Crippen LogP contribution < -0.4 is 16.0 Å². The lowest BCUT2D eigenvalue weighted by molar-refractivity contribution is 0.0529. The summed E-state index contributed by atoms with van der Waals surface area (Å²) in [6.45, 7) is 7.76. The van der Waals surface area contributed by atoms with Crippen LogP contribution >= 0.6 is 0 Å². The van der Waals surface area contributed by atoms with E-state index in [1.165, 1.54) is 5.56 Å². The number of nitrogens with zero attached hydrogens (tertiary/aromatic N) is 3. The molecule has 28 heavy (non-hydrogen) atoms. The highest BCUT2D eigenvalue weighted by Crippen LogP contribution is 2.06. The van der Waals surface area contributed by atoms with Gasteiger partial charge in [0, 0.05) is 39.1 Å². The van der Waals surface area contributed by atoms with Crippen molar-refractivity contribution in [3.8, 4) is 0 Å². The van der Waals surface area contributed by atoms with E-state index in [9.17, 15) is 4.79 Å². The summed E-state index contributed by atoms with van der Waals surface area (Å²) in [5.41, 5.74) is 0.717. The van der Waals surface area contributed by atoms with Crippen LogP contribution in [0, 0.1) is 0 Å². The number of rotatable bonds is 7. The quantitative estimate of drug-likeness (QED) is 0.385. The number of alkyl carbamates (subject to hydrolysis) is 1. The summed E-state index contributed by atoms with van der Waals surface area (Å²) in [5.74, 6) is 1.55. The molecule has 1 aromatic heterocycles. The summed E-state index contributed by atoms with van der Waals surface area (Å²) in [4.78, 5) is 20.2. The topological polar surface area (TPSA) is 92.6 Å². The van der Waals surface area contributed by atoms with Crippen LogP contribution in [0.5, 0.6) is 0 Å². The van der Waals surface area contributed by atoms with Gasteiger partial charge in [0.15, 0.2) is 5.96 Å². The van der Waals surface area contributed by atoms with Gasteiger partial charge in [0.1, 0.15) is 11.4 Å². The number of carbonyl (C=O) groups is 1. The van der Waals surface area contributed by atoms with Crippen molar-refractivity contribution in [2.75, 3.05) is 20.1 Å². The Morgan fingerprint density at radius 1 is 1.14 bits per heavy atom. The van der Waals surface area contributed by atoms with Crippen molar-refractivity contribution < 1.29 is 9.53 Å². The lowest BCUT2D eigenvalue weighted by atomic mass is 10.2. The van der Waals surface area contributed by atoms with E-state index < -0.39 is 11.7 Å². The van der Waals surface area contributed by atoms with Gasteiger partial charge in [-0.15, -0.1) is 0 Å². The average Bonchev–Trinajstić information content (AvgIpc) is 3.07. The Bertz CT molecular complexity index is 765. The maximum Gasteiger partial charge on any atom is 0.407 e. The normalized spacial score (nSPS) is 11.8. The van der Waals surface area contributed by atoms with Gasteiger partial charge in [-0.1, -0.05) is 30.3 Å². The van der Waals surface area contributed by atoms with Crippen LogP contribution in [0.4, 0.5) is 4.79 Å². The van der Waals surface area contributed by atoms with Crippen LogP contribution in [-0.2, 0) is 17.8 Å². The number of imidazole rings is 1. The molecule has 152 valence electrons. The molecule has 0 atom stereocenters. The highest BCUT2D eigenvalue weighted by Gasteiger charge is 2.15. The number of aliphatic imine (C=N–C) groups is 1. The van der Waals surface area contributed by atoms with E-state index in [4.69, 9.17) is 4.74 Å². The molecule has 8 heteroatoms. The van der Waals surface area contributed by atoms with Gasteiger partial charge in [0.25, 0.3) is 0 Å². The van der Waals surface area contributed by atoms with Crippen molar-refractivity contribution in [3.05, 3.63) is 54.1 Å². The van der Waals surface area contributed by atoms with Crippen molar-refractivity contribution in [3.63, 3.8) is 0 Å². The molecule has 2 rings (SSSR count). The second kappa shape index (κ2) is 10.3. The minimum Gasteiger partial charge on any atom is -0.444 e. The smallest absolute Gasteiger partial charge is 0.407 e. The summed E-state index contributed by atoms with van der Waals surface area (Å²) in [7, 11) is 1.70. The monoisotopic (exact) mass is 386 g/mol. The Labute approximate surface area is 166 Å². The third-order valence-corrected chi connectivity index (χ3v) is 3.72. The standard InChI is InChI=1S/C20H30N6O2/c1-20(2,3)28-19(27)24-11-10-23-18(21-4)25-14-17-22-12-13-26(17)15-16-8-6-5-7-9-16/h5-9,12-13H,10-11,14-15H2,1-4H3,(H,24,27)(H2,21,23,25). The number of aromatic nitrogens is 2. The van der Waals surface area contributed by atoms with Crippen molar-refractivity contribution >= 4 is 12.1 Å². The maximum atomic E-state index is 11.6. The molecule has 0 aliphatic carbocycles. The molecule has 0 unspecified atom stereocenters. The molecule has 0 aliphatic rings. The lowest BCUT2D eigenvalue weighted by Gasteiger charge is -2.20. The average molecular weight is 387 g/mol. The second-order valence-corrected chi connectivity index (χ2v) is 7.24. The van der Waals surface area contributed by atoms with Crippen LogP contribution in [0.1, 0.15) is 32.2 Å². The maximum absolute atomic E-state index is 11.6. The molecule has 0 aliphatic heterocycles. The second-order valence-electron chi connectivity index (χ2n) is 7.24. The van der Waals surface area contributed by atoms with Gasteiger partial charge in [-0.3, -0.25) is 4.99 Å². The van der Waals surface area contributed by atoms with Crippen LogP contribution in [0.3, 0.4) is 0 Å². The Morgan fingerprint density at radius 2 is 1.86 bits per heavy atom. The van der Waals surface area contributed by atoms with Gasteiger partial charge in [-0.25, -0.2) is 9.78 Å². The van der Waals surface area contributed by atoms with Crippen LogP contribution in [0.2, 0.25) is 0 Å². The Morgan fingerprint density at radius 3 is 2.54 bits per heavy atom. The zero-order valence-corrected chi connectivity index (χ0v) is 17.0. The number of hydrogen-bond donors (Lipinski definition) is 3. The van der Waals surface area contributed by atoms with E-state index in [2.05, 4.69) is 42.6 Å². The van der Waals surface area contributed by atoms with Gasteiger partial charge in [-0.2, -0.15) is 0 Å². The molecule has 8 nitrogen and oxygen atoms in total. The number of hydrogen-bond acceptors (Lipinski definition) is 4. The molecule has 0 radical (unpaired) electrons. The first-order chi connectivity index (χ1) is 13.4. The number of amides is 1. The minimum atomic E-state index is -0.503. The summed E-state index contributed by atoms with van der Waals surface area (Å²) in [6.07, 6.45) is 3.33. The third-order valence-electron chi connectivity index (χ3n) is 3.72. The molecule has 3 N–H and O–H groups in total. The first-order valence-corrected chi connectivity index (χ1v) is 9.32. The predicted octanol–water partition coefficient (Wildman–Crippen LogP) is 2.12. The molecule has 0 bridgehead atoms. The molecular formula is C20H30N6O2. The highest BCUT2D eigenvalue weighted by molar-refractivity contribution is 5.79. The Kier molecular flexibility index (Phi) is 7.86. The number of carbonyl (C=O) groups excluding carboxylic acids is 1. The van der Waals surface area contributed by atoms with E-state index in [0.29, 0.717) is 25.6 Å². The number of nitrogens with one attached hydrogen (secondary N) is 3. The molecule has 0 spiro atoms. The lowest BCUT2D eigenvalue weighted by Crippen LogP contribution is -2.42. The van der Waals surface area contributed by atoms with Crippen LogP contribution in [0.25, 0.3) is 0 Å². The number of guanidine groups is 1. The summed E-state index contributed by atoms with van der Waals surface area (Å²) in [6, 6.07) is 10.3. The Balaban J connectivity index is 1.74. The van der Waals surface area contributed by atoms with Crippen molar-refractivity contribution in [2.24, 2.45) is 4.99 Å². The van der Waals surface area contributed by atoms with E-state index in [0.717, 1.165) is 12.4 Å². The van der Waals surface area contributed by atoms with E-state index in [1.807, 2.05) is 45.2 Å². The fourth-order valence-electron chi connectivity index (χ4n) is 2.47. The van der Waals surface area contributed by atoms with Gasteiger partial charge in [0.05, 0.1) is 6.54 Å². The summed E-state index contributed by atoms with van der Waals surface area (Å²) in [5, 5.41) is 9.09. The van der Waals surface area contributed by atoms with E-state index in [-0.39, 0.29) is 0 Å². The van der Waals surface area contributed by atoms with Gasteiger partial charge >= 0.3 is 6.09 Å². The van der Waals surface area contributed by atoms with Crippen molar-refractivity contribution in [2.45, 2.75) is 39.5 Å². The molecule has 0 fully saturated rings.